The molecule has 0 aliphatic heterocycles. The summed E-state index contributed by atoms with van der Waals surface area (Å²) in [7, 11) is 0. The molecule has 2 aromatic rings. The van der Waals surface area contributed by atoms with E-state index < -0.39 is 5.91 Å². The molecule has 0 radical (unpaired) electrons. The molecule has 0 aliphatic rings. The van der Waals surface area contributed by atoms with Crippen LogP contribution in [0.5, 0.6) is 11.5 Å². The van der Waals surface area contributed by atoms with E-state index in [2.05, 4.69) is 5.32 Å². The van der Waals surface area contributed by atoms with Crippen molar-refractivity contribution in [3.05, 3.63) is 53.6 Å². The number of aldehydes is 1. The highest BCUT2D eigenvalue weighted by molar-refractivity contribution is 5.92. The number of carbonyl (C=O) groups is 2. The Morgan fingerprint density at radius 3 is 2.80 bits per heavy atom. The van der Waals surface area contributed by atoms with Crippen molar-refractivity contribution >= 4 is 17.9 Å². The molecule has 2 aromatic carbocycles. The number of rotatable bonds is 8. The van der Waals surface area contributed by atoms with E-state index in [9.17, 15) is 9.59 Å². The zero-order chi connectivity index (χ0) is 18.1. The van der Waals surface area contributed by atoms with E-state index >= 15 is 0 Å². The number of nitrogens with zero attached hydrogens (tertiary/aromatic N) is 1. The maximum atomic E-state index is 12.0. The lowest BCUT2D eigenvalue weighted by molar-refractivity contribution is -0.118. The molecule has 0 unspecified atom stereocenters. The quantitative estimate of drug-likeness (QED) is 0.747. The van der Waals surface area contributed by atoms with E-state index in [1.807, 2.05) is 13.0 Å². The van der Waals surface area contributed by atoms with Crippen LogP contribution in [0.2, 0.25) is 0 Å². The molecule has 6 nitrogen and oxygen atoms in total. The lowest BCUT2D eigenvalue weighted by Gasteiger charge is -2.11. The average Bonchev–Trinajstić information content (AvgIpc) is 2.64. The standard InChI is InChI=1S/C19H18N2O4/c1-2-8-24-17-7-6-15(12-22)18(10-17)25-13-19(23)21-16-5-3-4-14(9-16)11-20/h3-7,9-10,12H,2,8,13H2,1H3,(H,21,23). The van der Waals surface area contributed by atoms with Gasteiger partial charge in [0, 0.05) is 11.8 Å². The Hall–Kier alpha value is -3.33. The third-order valence-electron chi connectivity index (χ3n) is 3.22. The molecule has 0 aliphatic carbocycles. The summed E-state index contributed by atoms with van der Waals surface area (Å²) >= 11 is 0. The lowest BCUT2D eigenvalue weighted by Crippen LogP contribution is -2.20. The van der Waals surface area contributed by atoms with Crippen LogP contribution in [-0.2, 0) is 4.79 Å². The van der Waals surface area contributed by atoms with E-state index in [1.165, 1.54) is 0 Å². The van der Waals surface area contributed by atoms with Crippen molar-refractivity contribution in [2.24, 2.45) is 0 Å². The number of benzene rings is 2. The molecule has 0 spiro atoms. The summed E-state index contributed by atoms with van der Waals surface area (Å²) in [5, 5.41) is 11.5. The number of hydrogen-bond acceptors (Lipinski definition) is 5. The Morgan fingerprint density at radius 2 is 2.08 bits per heavy atom. The highest BCUT2D eigenvalue weighted by Gasteiger charge is 2.09. The van der Waals surface area contributed by atoms with Gasteiger partial charge >= 0.3 is 0 Å². The highest BCUT2D eigenvalue weighted by atomic mass is 16.5. The van der Waals surface area contributed by atoms with Gasteiger partial charge < -0.3 is 14.8 Å². The monoisotopic (exact) mass is 338 g/mol. The van der Waals surface area contributed by atoms with E-state index in [4.69, 9.17) is 14.7 Å². The normalized spacial score (nSPS) is 9.76. The SMILES string of the molecule is CCCOc1ccc(C=O)c(OCC(=O)Nc2cccc(C#N)c2)c1. The summed E-state index contributed by atoms with van der Waals surface area (Å²) in [6, 6.07) is 13.4. The third-order valence-corrected chi connectivity index (χ3v) is 3.22. The number of ether oxygens (including phenoxy) is 2. The first-order chi connectivity index (χ1) is 12.2. The molecular formula is C19H18N2O4. The van der Waals surface area contributed by atoms with Crippen LogP contribution in [0.3, 0.4) is 0 Å². The van der Waals surface area contributed by atoms with E-state index in [1.54, 1.807) is 42.5 Å². The van der Waals surface area contributed by atoms with Crippen molar-refractivity contribution in [3.63, 3.8) is 0 Å². The number of nitriles is 1. The van der Waals surface area contributed by atoms with Crippen LogP contribution in [0.4, 0.5) is 5.69 Å². The van der Waals surface area contributed by atoms with Crippen molar-refractivity contribution in [1.29, 1.82) is 5.26 Å². The first-order valence-electron chi connectivity index (χ1n) is 7.81. The van der Waals surface area contributed by atoms with Crippen LogP contribution in [0, 0.1) is 11.3 Å². The summed E-state index contributed by atoms with van der Waals surface area (Å²) in [6.45, 7) is 2.27. The first-order valence-corrected chi connectivity index (χ1v) is 7.81. The van der Waals surface area contributed by atoms with Gasteiger partial charge in [-0.15, -0.1) is 0 Å². The lowest BCUT2D eigenvalue weighted by atomic mass is 10.2. The van der Waals surface area contributed by atoms with Gasteiger partial charge in [0.05, 0.1) is 23.8 Å². The van der Waals surface area contributed by atoms with Gasteiger partial charge in [0.2, 0.25) is 0 Å². The van der Waals surface area contributed by atoms with Gasteiger partial charge in [-0.05, 0) is 36.8 Å². The number of hydrogen-bond donors (Lipinski definition) is 1. The van der Waals surface area contributed by atoms with Gasteiger partial charge in [0.1, 0.15) is 11.5 Å². The molecule has 0 saturated heterocycles. The Morgan fingerprint density at radius 1 is 1.24 bits per heavy atom. The molecule has 2 rings (SSSR count). The molecule has 0 atom stereocenters. The van der Waals surface area contributed by atoms with Crippen LogP contribution in [-0.4, -0.2) is 25.4 Å². The second-order valence-corrected chi connectivity index (χ2v) is 5.20. The zero-order valence-corrected chi connectivity index (χ0v) is 13.8. The van der Waals surface area contributed by atoms with Crippen LogP contribution in [0.15, 0.2) is 42.5 Å². The second kappa shape index (κ2) is 9.08. The van der Waals surface area contributed by atoms with Crippen LogP contribution in [0.1, 0.15) is 29.3 Å². The van der Waals surface area contributed by atoms with Crippen molar-refractivity contribution in [1.82, 2.24) is 0 Å². The third kappa shape index (κ3) is 5.36. The van der Waals surface area contributed by atoms with Crippen LogP contribution < -0.4 is 14.8 Å². The van der Waals surface area contributed by atoms with Crippen molar-refractivity contribution in [2.45, 2.75) is 13.3 Å². The minimum absolute atomic E-state index is 0.269. The summed E-state index contributed by atoms with van der Waals surface area (Å²) in [5.41, 5.74) is 1.29. The Balaban J connectivity index is 2.00. The van der Waals surface area contributed by atoms with E-state index in [0.717, 1.165) is 6.42 Å². The Labute approximate surface area is 146 Å². The van der Waals surface area contributed by atoms with E-state index in [0.29, 0.717) is 35.5 Å². The van der Waals surface area contributed by atoms with Crippen molar-refractivity contribution in [2.75, 3.05) is 18.5 Å². The fraction of sp³-hybridized carbons (Fsp3) is 0.211. The molecule has 128 valence electrons. The van der Waals surface area contributed by atoms with Gasteiger partial charge in [-0.3, -0.25) is 9.59 Å². The molecule has 0 saturated carbocycles. The minimum atomic E-state index is -0.396. The summed E-state index contributed by atoms with van der Waals surface area (Å²) in [6.07, 6.45) is 1.52. The van der Waals surface area contributed by atoms with E-state index in [-0.39, 0.29) is 12.4 Å². The number of anilines is 1. The smallest absolute Gasteiger partial charge is 0.262 e. The summed E-state index contributed by atoms with van der Waals surface area (Å²) in [4.78, 5) is 23.1. The highest BCUT2D eigenvalue weighted by Crippen LogP contribution is 2.24. The molecule has 0 aromatic heterocycles. The average molecular weight is 338 g/mol. The molecule has 1 amide bonds. The Bertz CT molecular complexity index is 796. The number of amides is 1. The predicted molar refractivity (Wildman–Crippen MR) is 92.9 cm³/mol. The van der Waals surface area contributed by atoms with Crippen molar-refractivity contribution < 1.29 is 19.1 Å². The molecule has 25 heavy (non-hydrogen) atoms. The molecule has 0 bridgehead atoms. The predicted octanol–water partition coefficient (Wildman–Crippen LogP) is 3.18. The largest absolute Gasteiger partial charge is 0.493 e. The fourth-order valence-corrected chi connectivity index (χ4v) is 2.05. The topological polar surface area (TPSA) is 88.4 Å². The van der Waals surface area contributed by atoms with Crippen LogP contribution >= 0.6 is 0 Å². The number of carbonyl (C=O) groups excluding carboxylic acids is 2. The minimum Gasteiger partial charge on any atom is -0.493 e. The summed E-state index contributed by atoms with van der Waals surface area (Å²) in [5.74, 6) is 0.459. The molecule has 6 heteroatoms. The fourth-order valence-electron chi connectivity index (χ4n) is 2.05. The zero-order valence-electron chi connectivity index (χ0n) is 13.8. The maximum absolute atomic E-state index is 12.0. The van der Waals surface area contributed by atoms with Gasteiger partial charge in [-0.2, -0.15) is 5.26 Å². The summed E-state index contributed by atoms with van der Waals surface area (Å²) < 4.78 is 10.9. The van der Waals surface area contributed by atoms with Gasteiger partial charge in [0.15, 0.2) is 12.9 Å². The van der Waals surface area contributed by atoms with Gasteiger partial charge in [-0.1, -0.05) is 13.0 Å². The van der Waals surface area contributed by atoms with Crippen molar-refractivity contribution in [3.8, 4) is 17.6 Å². The van der Waals surface area contributed by atoms with Gasteiger partial charge in [0.25, 0.3) is 5.91 Å². The second-order valence-electron chi connectivity index (χ2n) is 5.20. The van der Waals surface area contributed by atoms with Crippen LogP contribution in [0.25, 0.3) is 0 Å². The number of nitrogens with one attached hydrogen (secondary N) is 1. The Kier molecular flexibility index (Phi) is 6.55. The molecule has 0 fully saturated rings. The maximum Gasteiger partial charge on any atom is 0.262 e. The molecule has 0 heterocycles. The molecule has 1 N–H and O–H groups in total. The molecular weight excluding hydrogens is 320 g/mol. The van der Waals surface area contributed by atoms with Gasteiger partial charge in [-0.25, -0.2) is 0 Å². The first kappa shape index (κ1) is 18.0.